The molecule has 8 heteroatoms. The quantitative estimate of drug-likeness (QED) is 0.883. The number of rotatable bonds is 4. The number of methoxy groups -OCH3 is 2. The second-order valence-electron chi connectivity index (χ2n) is 5.95. The maximum atomic E-state index is 12.6. The maximum absolute atomic E-state index is 12.6. The highest BCUT2D eigenvalue weighted by atomic mass is 16.5. The summed E-state index contributed by atoms with van der Waals surface area (Å²) < 4.78 is 10.5. The first kappa shape index (κ1) is 16.1. The number of hydrazine groups is 1. The number of benzene rings is 2. The minimum Gasteiger partial charge on any atom is -0.497 e. The molecule has 2 atom stereocenters. The Morgan fingerprint density at radius 2 is 1.19 bits per heavy atom. The lowest BCUT2D eigenvalue weighted by Gasteiger charge is -2.24. The molecule has 2 saturated heterocycles. The van der Waals surface area contributed by atoms with E-state index in [2.05, 4.69) is 10.6 Å². The summed E-state index contributed by atoms with van der Waals surface area (Å²) in [6.07, 6.45) is -1.21. The molecule has 4 rings (SSSR count). The van der Waals surface area contributed by atoms with E-state index in [4.69, 9.17) is 9.47 Å². The first-order chi connectivity index (χ1) is 12.6. The topological polar surface area (TPSA) is 83.1 Å². The molecule has 4 amide bonds. The molecule has 2 aromatic carbocycles. The van der Waals surface area contributed by atoms with Crippen molar-refractivity contribution >= 4 is 12.1 Å². The van der Waals surface area contributed by atoms with Gasteiger partial charge in [-0.3, -0.25) is 0 Å². The summed E-state index contributed by atoms with van der Waals surface area (Å²) in [4.78, 5) is 25.2. The Hall–Kier alpha value is -3.42. The lowest BCUT2D eigenvalue weighted by molar-refractivity contribution is 0.0670. The number of hydrogen-bond donors (Lipinski definition) is 2. The molecule has 2 aromatic rings. The molecule has 0 aromatic heterocycles. The lowest BCUT2D eigenvalue weighted by Crippen LogP contribution is -2.36. The van der Waals surface area contributed by atoms with Crippen LogP contribution in [0.15, 0.2) is 48.5 Å². The summed E-state index contributed by atoms with van der Waals surface area (Å²) >= 11 is 0. The first-order valence-electron chi connectivity index (χ1n) is 8.09. The lowest BCUT2D eigenvalue weighted by atomic mass is 10.1. The zero-order valence-electron chi connectivity index (χ0n) is 14.3. The van der Waals surface area contributed by atoms with Crippen LogP contribution >= 0.6 is 0 Å². The smallest absolute Gasteiger partial charge is 0.340 e. The van der Waals surface area contributed by atoms with Gasteiger partial charge in [0.05, 0.1) is 14.2 Å². The molecule has 2 aliphatic rings. The van der Waals surface area contributed by atoms with Crippen LogP contribution in [0.2, 0.25) is 0 Å². The number of hydrogen-bond acceptors (Lipinski definition) is 4. The van der Waals surface area contributed by atoms with Crippen molar-refractivity contribution in [2.75, 3.05) is 14.2 Å². The van der Waals surface area contributed by atoms with E-state index in [0.29, 0.717) is 11.5 Å². The molecule has 0 aliphatic carbocycles. The van der Waals surface area contributed by atoms with E-state index < -0.39 is 12.3 Å². The molecular formula is C18H18N4O4. The van der Waals surface area contributed by atoms with E-state index >= 15 is 0 Å². The predicted octanol–water partition coefficient (Wildman–Crippen LogP) is 2.37. The first-order valence-corrected chi connectivity index (χ1v) is 8.09. The average Bonchev–Trinajstić information content (AvgIpc) is 3.20. The third kappa shape index (κ3) is 2.46. The number of amides is 4. The number of fused-ring (bicyclic) bond motifs is 1. The zero-order valence-corrected chi connectivity index (χ0v) is 14.3. The minimum atomic E-state index is -0.604. The van der Waals surface area contributed by atoms with Crippen LogP contribution in [0.3, 0.4) is 0 Å². The fourth-order valence-electron chi connectivity index (χ4n) is 3.24. The maximum Gasteiger partial charge on any atom is 0.340 e. The standard InChI is InChI=1S/C18H18N4O4/c1-25-13-7-3-5-11(9-13)15-19-17(23)22-16(20-18(24)21(15)22)12-6-4-8-14(10-12)26-2/h3-10,15-16H,1-2H3,(H,19,23)(H,20,24)/t15-,16-/m0/s1. The van der Waals surface area contributed by atoms with Gasteiger partial charge in [0.1, 0.15) is 11.5 Å². The van der Waals surface area contributed by atoms with Crippen LogP contribution in [-0.2, 0) is 0 Å². The van der Waals surface area contributed by atoms with Crippen molar-refractivity contribution in [1.82, 2.24) is 20.7 Å². The molecule has 134 valence electrons. The predicted molar refractivity (Wildman–Crippen MR) is 92.2 cm³/mol. The summed E-state index contributed by atoms with van der Waals surface area (Å²) in [5.74, 6) is 1.30. The third-order valence-corrected chi connectivity index (χ3v) is 4.48. The molecule has 0 saturated carbocycles. The fraction of sp³-hybridized carbons (Fsp3) is 0.222. The number of carbonyl (C=O) groups excluding carboxylic acids is 2. The highest BCUT2D eigenvalue weighted by Gasteiger charge is 2.51. The summed E-state index contributed by atoms with van der Waals surface area (Å²) in [6, 6.07) is 13.8. The van der Waals surface area contributed by atoms with Crippen molar-refractivity contribution in [2.45, 2.75) is 12.3 Å². The molecule has 26 heavy (non-hydrogen) atoms. The molecular weight excluding hydrogens is 336 g/mol. The van der Waals surface area contributed by atoms with Crippen molar-refractivity contribution in [1.29, 1.82) is 0 Å². The van der Waals surface area contributed by atoms with Gasteiger partial charge >= 0.3 is 12.1 Å². The molecule has 0 spiro atoms. The van der Waals surface area contributed by atoms with Gasteiger partial charge in [-0.2, -0.15) is 0 Å². The van der Waals surface area contributed by atoms with E-state index in [-0.39, 0.29) is 12.1 Å². The van der Waals surface area contributed by atoms with Crippen molar-refractivity contribution in [3.05, 3.63) is 59.7 Å². The van der Waals surface area contributed by atoms with Gasteiger partial charge in [-0.25, -0.2) is 19.6 Å². The Morgan fingerprint density at radius 3 is 1.58 bits per heavy atom. The highest BCUT2D eigenvalue weighted by Crippen LogP contribution is 2.37. The van der Waals surface area contributed by atoms with Crippen molar-refractivity contribution in [3.63, 3.8) is 0 Å². The number of carbonyl (C=O) groups is 2. The van der Waals surface area contributed by atoms with Gasteiger partial charge in [0.25, 0.3) is 0 Å². The second kappa shape index (κ2) is 6.14. The minimum absolute atomic E-state index is 0.357. The van der Waals surface area contributed by atoms with Crippen molar-refractivity contribution in [2.24, 2.45) is 0 Å². The normalized spacial score (nSPS) is 21.3. The zero-order chi connectivity index (χ0) is 18.3. The largest absolute Gasteiger partial charge is 0.497 e. The van der Waals surface area contributed by atoms with E-state index in [9.17, 15) is 9.59 Å². The number of nitrogens with one attached hydrogen (secondary N) is 2. The summed E-state index contributed by atoms with van der Waals surface area (Å²) in [7, 11) is 3.14. The van der Waals surface area contributed by atoms with Crippen LogP contribution in [0.1, 0.15) is 23.5 Å². The van der Waals surface area contributed by atoms with Gasteiger partial charge in [-0.05, 0) is 24.3 Å². The Balaban J connectivity index is 1.69. The van der Waals surface area contributed by atoms with Gasteiger partial charge in [0.15, 0.2) is 12.3 Å². The highest BCUT2D eigenvalue weighted by molar-refractivity contribution is 5.88. The number of ether oxygens (including phenoxy) is 2. The van der Waals surface area contributed by atoms with Gasteiger partial charge in [0, 0.05) is 11.1 Å². The fourth-order valence-corrected chi connectivity index (χ4v) is 3.24. The molecule has 2 heterocycles. The summed E-state index contributed by atoms with van der Waals surface area (Å²) in [6.45, 7) is 0. The third-order valence-electron chi connectivity index (χ3n) is 4.48. The monoisotopic (exact) mass is 354 g/mol. The van der Waals surface area contributed by atoms with Gasteiger partial charge in [0.2, 0.25) is 0 Å². The van der Waals surface area contributed by atoms with E-state index in [0.717, 1.165) is 11.1 Å². The van der Waals surface area contributed by atoms with Gasteiger partial charge in [-0.15, -0.1) is 0 Å². The van der Waals surface area contributed by atoms with Crippen LogP contribution < -0.4 is 20.1 Å². The van der Waals surface area contributed by atoms with Crippen LogP contribution in [0.25, 0.3) is 0 Å². The van der Waals surface area contributed by atoms with Crippen molar-refractivity contribution < 1.29 is 19.1 Å². The van der Waals surface area contributed by atoms with Crippen LogP contribution in [0, 0.1) is 0 Å². The van der Waals surface area contributed by atoms with E-state index in [1.54, 1.807) is 38.5 Å². The number of nitrogens with zero attached hydrogens (tertiary/aromatic N) is 2. The Bertz CT molecular complexity index is 800. The average molecular weight is 354 g/mol. The van der Waals surface area contributed by atoms with Gasteiger partial charge in [-0.1, -0.05) is 24.3 Å². The van der Waals surface area contributed by atoms with Crippen LogP contribution in [-0.4, -0.2) is 36.3 Å². The van der Waals surface area contributed by atoms with Gasteiger partial charge < -0.3 is 20.1 Å². The molecule has 2 N–H and O–H groups in total. The molecule has 0 unspecified atom stereocenters. The van der Waals surface area contributed by atoms with Crippen LogP contribution in [0.5, 0.6) is 11.5 Å². The van der Waals surface area contributed by atoms with Crippen LogP contribution in [0.4, 0.5) is 9.59 Å². The number of urea groups is 2. The summed E-state index contributed by atoms with van der Waals surface area (Å²) in [5, 5.41) is 8.48. The molecule has 0 bridgehead atoms. The molecule has 2 fully saturated rings. The molecule has 8 nitrogen and oxygen atoms in total. The molecule has 0 radical (unpaired) electrons. The van der Waals surface area contributed by atoms with Crippen molar-refractivity contribution in [3.8, 4) is 11.5 Å². The Morgan fingerprint density at radius 1 is 0.769 bits per heavy atom. The molecule has 2 aliphatic heterocycles. The Kier molecular flexibility index (Phi) is 3.80. The van der Waals surface area contributed by atoms with E-state index in [1.165, 1.54) is 10.0 Å². The Labute approximate surface area is 150 Å². The second-order valence-corrected chi connectivity index (χ2v) is 5.95. The summed E-state index contributed by atoms with van der Waals surface area (Å²) in [5.41, 5.74) is 1.50. The van der Waals surface area contributed by atoms with E-state index in [1.807, 2.05) is 24.3 Å². The SMILES string of the molecule is COc1cccc([C@H]2NC(=O)N3[C@@H](c4cccc(OC)c4)NC(=O)N23)c1.